The summed E-state index contributed by atoms with van der Waals surface area (Å²) in [6.45, 7) is 3.34. The summed E-state index contributed by atoms with van der Waals surface area (Å²) in [5, 5.41) is 7.40. The van der Waals surface area contributed by atoms with Crippen LogP contribution >= 0.6 is 0 Å². The zero-order valence-corrected chi connectivity index (χ0v) is 12.0. The minimum absolute atomic E-state index is 0.140. The Morgan fingerprint density at radius 2 is 2.00 bits per heavy atom. The van der Waals surface area contributed by atoms with Gasteiger partial charge in [0.05, 0.1) is 0 Å². The predicted molar refractivity (Wildman–Crippen MR) is 80.3 cm³/mol. The van der Waals surface area contributed by atoms with Gasteiger partial charge >= 0.3 is 0 Å². The van der Waals surface area contributed by atoms with E-state index in [2.05, 4.69) is 31.0 Å². The van der Waals surface area contributed by atoms with Gasteiger partial charge < -0.3 is 5.73 Å². The maximum Gasteiger partial charge on any atom is 0.122 e. The molecule has 1 saturated carbocycles. The van der Waals surface area contributed by atoms with Crippen molar-refractivity contribution in [3.63, 3.8) is 0 Å². The van der Waals surface area contributed by atoms with Gasteiger partial charge in [-0.1, -0.05) is 44.0 Å². The van der Waals surface area contributed by atoms with Crippen molar-refractivity contribution in [2.45, 2.75) is 45.2 Å². The van der Waals surface area contributed by atoms with E-state index in [0.717, 1.165) is 24.1 Å². The quantitative estimate of drug-likeness (QED) is 0.645. The minimum Gasteiger partial charge on any atom is -0.384 e. The Kier molecular flexibility index (Phi) is 4.59. The summed E-state index contributed by atoms with van der Waals surface area (Å²) in [6, 6.07) is 8.76. The molecule has 0 saturated heterocycles. The summed E-state index contributed by atoms with van der Waals surface area (Å²) in [6.07, 6.45) is 5.39. The van der Waals surface area contributed by atoms with E-state index in [0.29, 0.717) is 0 Å². The van der Waals surface area contributed by atoms with Gasteiger partial charge in [0.25, 0.3) is 0 Å². The number of rotatable bonds is 4. The van der Waals surface area contributed by atoms with Crippen molar-refractivity contribution >= 4 is 5.84 Å². The van der Waals surface area contributed by atoms with Crippen molar-refractivity contribution in [2.75, 3.05) is 7.05 Å². The maximum atomic E-state index is 7.40. The van der Waals surface area contributed by atoms with Crippen molar-refractivity contribution in [3.8, 4) is 0 Å². The van der Waals surface area contributed by atoms with Gasteiger partial charge in [-0.05, 0) is 31.4 Å². The Balaban J connectivity index is 1.94. The monoisotopic (exact) mass is 259 g/mol. The Hall–Kier alpha value is -1.35. The molecular formula is C16H25N3. The minimum atomic E-state index is 0.140. The van der Waals surface area contributed by atoms with E-state index in [-0.39, 0.29) is 5.84 Å². The predicted octanol–water partition coefficient (Wildman–Crippen LogP) is 2.98. The molecule has 2 atom stereocenters. The van der Waals surface area contributed by atoms with E-state index in [1.165, 1.54) is 31.2 Å². The Labute approximate surface area is 116 Å². The van der Waals surface area contributed by atoms with Gasteiger partial charge in [-0.2, -0.15) is 0 Å². The lowest BCUT2D eigenvalue weighted by Crippen LogP contribution is -2.35. The lowest BCUT2D eigenvalue weighted by Gasteiger charge is -2.34. The van der Waals surface area contributed by atoms with Crippen LogP contribution < -0.4 is 5.73 Å². The van der Waals surface area contributed by atoms with Crippen molar-refractivity contribution < 1.29 is 0 Å². The average Bonchev–Trinajstić information content (AvgIpc) is 2.39. The topological polar surface area (TPSA) is 53.1 Å². The standard InChI is InChI=1S/C16H25N3/c1-12-4-3-5-15(10-12)19(2)11-13-6-8-14(9-7-13)16(17)18/h6-9,12,15H,3-5,10-11H2,1-2H3,(H3,17,18). The van der Waals surface area contributed by atoms with Crippen LogP contribution in [0.15, 0.2) is 24.3 Å². The number of benzene rings is 1. The Morgan fingerprint density at radius 3 is 2.58 bits per heavy atom. The third-order valence-corrected chi connectivity index (χ3v) is 4.23. The molecule has 1 aromatic carbocycles. The fraction of sp³-hybridized carbons (Fsp3) is 0.562. The number of nitrogen functional groups attached to an aromatic ring is 1. The molecule has 0 amide bonds. The Bertz CT molecular complexity index is 424. The SMILES string of the molecule is CC1CCCC(N(C)Cc2ccc(C(=N)N)cc2)C1. The summed E-state index contributed by atoms with van der Waals surface area (Å²) >= 11 is 0. The summed E-state index contributed by atoms with van der Waals surface area (Å²) < 4.78 is 0. The van der Waals surface area contributed by atoms with Gasteiger partial charge in [-0.15, -0.1) is 0 Å². The molecule has 0 aromatic heterocycles. The van der Waals surface area contributed by atoms with Gasteiger partial charge in [-0.3, -0.25) is 10.3 Å². The van der Waals surface area contributed by atoms with E-state index in [1.54, 1.807) is 0 Å². The van der Waals surface area contributed by atoms with E-state index >= 15 is 0 Å². The average molecular weight is 259 g/mol. The summed E-state index contributed by atoms with van der Waals surface area (Å²) in [5.41, 5.74) is 7.57. The van der Waals surface area contributed by atoms with Crippen LogP contribution in [0.4, 0.5) is 0 Å². The third-order valence-electron chi connectivity index (χ3n) is 4.23. The molecule has 0 heterocycles. The van der Waals surface area contributed by atoms with E-state index in [9.17, 15) is 0 Å². The van der Waals surface area contributed by atoms with Crippen LogP contribution in [0.25, 0.3) is 0 Å². The second-order valence-corrected chi connectivity index (χ2v) is 5.95. The van der Waals surface area contributed by atoms with E-state index < -0.39 is 0 Å². The van der Waals surface area contributed by atoms with E-state index in [4.69, 9.17) is 11.1 Å². The normalized spacial score (nSPS) is 23.5. The first-order chi connectivity index (χ1) is 9.06. The highest BCUT2D eigenvalue weighted by Crippen LogP contribution is 2.27. The first-order valence-corrected chi connectivity index (χ1v) is 7.20. The van der Waals surface area contributed by atoms with E-state index in [1.807, 2.05) is 12.1 Å². The van der Waals surface area contributed by atoms with Crippen molar-refractivity contribution in [1.82, 2.24) is 4.90 Å². The van der Waals surface area contributed by atoms with Crippen LogP contribution in [-0.2, 0) is 6.54 Å². The molecule has 19 heavy (non-hydrogen) atoms. The molecule has 0 bridgehead atoms. The highest BCUT2D eigenvalue weighted by molar-refractivity contribution is 5.94. The second-order valence-electron chi connectivity index (χ2n) is 5.95. The molecule has 1 aliphatic rings. The van der Waals surface area contributed by atoms with Crippen LogP contribution in [-0.4, -0.2) is 23.8 Å². The highest BCUT2D eigenvalue weighted by Gasteiger charge is 2.22. The molecule has 0 radical (unpaired) electrons. The van der Waals surface area contributed by atoms with Crippen molar-refractivity contribution in [1.29, 1.82) is 5.41 Å². The first kappa shape index (κ1) is 14.1. The lowest BCUT2D eigenvalue weighted by atomic mass is 9.86. The van der Waals surface area contributed by atoms with Crippen LogP contribution in [0.1, 0.15) is 43.7 Å². The van der Waals surface area contributed by atoms with Crippen LogP contribution in [0.5, 0.6) is 0 Å². The number of amidine groups is 1. The summed E-state index contributed by atoms with van der Waals surface area (Å²) in [4.78, 5) is 2.47. The molecule has 1 fully saturated rings. The smallest absolute Gasteiger partial charge is 0.122 e. The second kappa shape index (κ2) is 6.20. The molecule has 1 aliphatic carbocycles. The lowest BCUT2D eigenvalue weighted by molar-refractivity contribution is 0.158. The fourth-order valence-electron chi connectivity index (χ4n) is 3.01. The summed E-state index contributed by atoms with van der Waals surface area (Å²) in [5.74, 6) is 1.00. The van der Waals surface area contributed by atoms with Gasteiger partial charge in [-0.25, -0.2) is 0 Å². The number of nitrogens with one attached hydrogen (secondary N) is 1. The number of nitrogens with two attached hydrogens (primary N) is 1. The van der Waals surface area contributed by atoms with Gasteiger partial charge in [0, 0.05) is 18.2 Å². The van der Waals surface area contributed by atoms with Crippen LogP contribution in [0.3, 0.4) is 0 Å². The molecule has 0 aliphatic heterocycles. The molecule has 3 heteroatoms. The van der Waals surface area contributed by atoms with Crippen molar-refractivity contribution in [3.05, 3.63) is 35.4 Å². The molecule has 3 nitrogen and oxygen atoms in total. The zero-order valence-electron chi connectivity index (χ0n) is 12.0. The molecule has 2 unspecified atom stereocenters. The van der Waals surface area contributed by atoms with Gasteiger partial charge in [0.15, 0.2) is 0 Å². The zero-order chi connectivity index (χ0) is 13.8. The molecular weight excluding hydrogens is 234 g/mol. The molecule has 104 valence electrons. The largest absolute Gasteiger partial charge is 0.384 e. The maximum absolute atomic E-state index is 7.40. The van der Waals surface area contributed by atoms with Crippen LogP contribution in [0.2, 0.25) is 0 Å². The molecule has 3 N–H and O–H groups in total. The first-order valence-electron chi connectivity index (χ1n) is 7.20. The number of nitrogens with zero attached hydrogens (tertiary/aromatic N) is 1. The summed E-state index contributed by atoms with van der Waals surface area (Å²) in [7, 11) is 2.22. The highest BCUT2D eigenvalue weighted by atomic mass is 15.1. The molecule has 1 aromatic rings. The van der Waals surface area contributed by atoms with Crippen molar-refractivity contribution in [2.24, 2.45) is 11.7 Å². The number of hydrogen-bond donors (Lipinski definition) is 2. The number of hydrogen-bond acceptors (Lipinski definition) is 2. The van der Waals surface area contributed by atoms with Gasteiger partial charge in [0.1, 0.15) is 5.84 Å². The molecule has 0 spiro atoms. The third kappa shape index (κ3) is 3.80. The molecule has 2 rings (SSSR count). The van der Waals surface area contributed by atoms with Gasteiger partial charge in [0.2, 0.25) is 0 Å². The van der Waals surface area contributed by atoms with Crippen LogP contribution in [0, 0.1) is 11.3 Å². The Morgan fingerprint density at radius 1 is 1.32 bits per heavy atom. The fourth-order valence-corrected chi connectivity index (χ4v) is 3.01.